The molecular formula is C27H28N2O3. The molecule has 1 aliphatic rings. The molecule has 4 rings (SSSR count). The molecule has 32 heavy (non-hydrogen) atoms. The lowest BCUT2D eigenvalue weighted by atomic mass is 9.74. The van der Waals surface area contributed by atoms with E-state index in [1.165, 1.54) is 0 Å². The zero-order valence-corrected chi connectivity index (χ0v) is 18.6. The lowest BCUT2D eigenvalue weighted by Crippen LogP contribution is -2.53. The van der Waals surface area contributed by atoms with E-state index in [9.17, 15) is 15.2 Å². The number of ether oxygens (including phenoxy) is 1. The van der Waals surface area contributed by atoms with Crippen LogP contribution in [0.3, 0.4) is 0 Å². The molecule has 0 bridgehead atoms. The summed E-state index contributed by atoms with van der Waals surface area (Å²) in [6, 6.07) is 25.4. The third kappa shape index (κ3) is 3.88. The highest BCUT2D eigenvalue weighted by Crippen LogP contribution is 2.49. The van der Waals surface area contributed by atoms with Gasteiger partial charge in [0.05, 0.1) is 6.07 Å². The van der Waals surface area contributed by atoms with Crippen molar-refractivity contribution in [2.75, 3.05) is 6.61 Å². The van der Waals surface area contributed by atoms with Gasteiger partial charge in [0.1, 0.15) is 5.60 Å². The Kier molecular flexibility index (Phi) is 5.77. The molecule has 2 N–H and O–H groups in total. The van der Waals surface area contributed by atoms with Crippen molar-refractivity contribution in [3.63, 3.8) is 0 Å². The standard InChI is InChI=1S/C27H28N2O3/c1-26(2,3)32-25(31)27(17-28)23(21-14-13-18-9-7-8-12-20(18)15-21)22(16-30)24(29-27)19-10-5-4-6-11-19/h4-15,22-24,29-30H,16H2,1-3H3/t22-,23-,24-,27-/m1/s1. The van der Waals surface area contributed by atoms with E-state index in [1.54, 1.807) is 20.8 Å². The molecule has 4 atom stereocenters. The summed E-state index contributed by atoms with van der Waals surface area (Å²) in [4.78, 5) is 13.5. The Bertz CT molecular complexity index is 1160. The third-order valence-electron chi connectivity index (χ3n) is 6.11. The molecule has 0 saturated carbocycles. The highest BCUT2D eigenvalue weighted by Gasteiger charge is 2.60. The number of rotatable bonds is 4. The van der Waals surface area contributed by atoms with Gasteiger partial charge in [0.2, 0.25) is 5.54 Å². The van der Waals surface area contributed by atoms with Crippen LogP contribution in [0.25, 0.3) is 10.8 Å². The van der Waals surface area contributed by atoms with Gasteiger partial charge in [-0.3, -0.25) is 5.32 Å². The van der Waals surface area contributed by atoms with Crippen LogP contribution in [-0.4, -0.2) is 28.8 Å². The average molecular weight is 429 g/mol. The molecule has 1 fully saturated rings. The van der Waals surface area contributed by atoms with Crippen molar-refractivity contribution in [1.29, 1.82) is 5.26 Å². The van der Waals surface area contributed by atoms with E-state index in [2.05, 4.69) is 11.4 Å². The van der Waals surface area contributed by atoms with Crippen molar-refractivity contribution < 1.29 is 14.6 Å². The molecule has 1 aliphatic heterocycles. The molecule has 0 amide bonds. The molecule has 0 spiro atoms. The van der Waals surface area contributed by atoms with Gasteiger partial charge in [-0.15, -0.1) is 0 Å². The summed E-state index contributed by atoms with van der Waals surface area (Å²) in [6.45, 7) is 5.17. The van der Waals surface area contributed by atoms with Crippen LogP contribution in [0.4, 0.5) is 0 Å². The van der Waals surface area contributed by atoms with Crippen molar-refractivity contribution in [2.24, 2.45) is 5.92 Å². The Labute approximate surface area is 188 Å². The van der Waals surface area contributed by atoms with Crippen molar-refractivity contribution in [2.45, 2.75) is 43.9 Å². The Morgan fingerprint density at radius 2 is 1.69 bits per heavy atom. The zero-order chi connectivity index (χ0) is 22.9. The Hall–Kier alpha value is -3.20. The summed E-state index contributed by atoms with van der Waals surface area (Å²) >= 11 is 0. The number of hydrogen-bond acceptors (Lipinski definition) is 5. The van der Waals surface area contributed by atoms with Crippen LogP contribution in [0.15, 0.2) is 72.8 Å². The fourth-order valence-electron chi connectivity index (χ4n) is 4.75. The predicted octanol–water partition coefficient (Wildman–Crippen LogP) is 4.48. The first-order chi connectivity index (χ1) is 15.3. The van der Waals surface area contributed by atoms with Crippen LogP contribution in [-0.2, 0) is 9.53 Å². The van der Waals surface area contributed by atoms with Crippen LogP contribution in [0.5, 0.6) is 0 Å². The summed E-state index contributed by atoms with van der Waals surface area (Å²) in [5.41, 5.74) is -0.654. The van der Waals surface area contributed by atoms with Gasteiger partial charge in [-0.2, -0.15) is 5.26 Å². The second-order valence-corrected chi connectivity index (χ2v) is 9.39. The van der Waals surface area contributed by atoms with Gasteiger partial charge < -0.3 is 9.84 Å². The fraction of sp³-hybridized carbons (Fsp3) is 0.333. The monoisotopic (exact) mass is 428 g/mol. The van der Waals surface area contributed by atoms with E-state index < -0.39 is 28.9 Å². The smallest absolute Gasteiger partial charge is 0.342 e. The largest absolute Gasteiger partial charge is 0.458 e. The van der Waals surface area contributed by atoms with E-state index in [0.717, 1.165) is 21.9 Å². The predicted molar refractivity (Wildman–Crippen MR) is 124 cm³/mol. The summed E-state index contributed by atoms with van der Waals surface area (Å²) in [5.74, 6) is -1.62. The quantitative estimate of drug-likeness (QED) is 0.599. The van der Waals surface area contributed by atoms with E-state index in [1.807, 2.05) is 72.8 Å². The average Bonchev–Trinajstić information content (AvgIpc) is 3.14. The van der Waals surface area contributed by atoms with Crippen molar-refractivity contribution >= 4 is 16.7 Å². The number of aliphatic hydroxyl groups excluding tert-OH is 1. The normalized spacial score (nSPS) is 25.4. The number of nitrogens with one attached hydrogen (secondary N) is 1. The van der Waals surface area contributed by atoms with Gasteiger partial charge in [-0.05, 0) is 42.7 Å². The maximum atomic E-state index is 13.5. The van der Waals surface area contributed by atoms with Gasteiger partial charge in [-0.25, -0.2) is 4.79 Å². The molecule has 5 heteroatoms. The number of benzene rings is 3. The van der Waals surface area contributed by atoms with Gasteiger partial charge in [0.15, 0.2) is 0 Å². The first-order valence-corrected chi connectivity index (χ1v) is 10.9. The Morgan fingerprint density at radius 1 is 1.03 bits per heavy atom. The topological polar surface area (TPSA) is 82.4 Å². The molecule has 1 saturated heterocycles. The number of carbonyl (C=O) groups excluding carboxylic acids is 1. The van der Waals surface area contributed by atoms with E-state index in [0.29, 0.717) is 0 Å². The van der Waals surface area contributed by atoms with Crippen molar-refractivity contribution in [1.82, 2.24) is 5.32 Å². The number of aliphatic hydroxyl groups is 1. The first kappa shape index (κ1) is 22.0. The van der Waals surface area contributed by atoms with E-state index in [4.69, 9.17) is 4.74 Å². The maximum absolute atomic E-state index is 13.5. The summed E-state index contributed by atoms with van der Waals surface area (Å²) in [7, 11) is 0. The van der Waals surface area contributed by atoms with Gasteiger partial charge >= 0.3 is 5.97 Å². The molecule has 1 heterocycles. The van der Waals surface area contributed by atoms with E-state index >= 15 is 0 Å². The molecular weight excluding hydrogens is 400 g/mol. The number of fused-ring (bicyclic) bond motifs is 1. The third-order valence-corrected chi connectivity index (χ3v) is 6.11. The number of nitriles is 1. The highest BCUT2D eigenvalue weighted by molar-refractivity contribution is 5.89. The van der Waals surface area contributed by atoms with Crippen molar-refractivity contribution in [3.8, 4) is 6.07 Å². The molecule has 0 unspecified atom stereocenters. The molecule has 0 aromatic heterocycles. The zero-order valence-electron chi connectivity index (χ0n) is 18.6. The first-order valence-electron chi connectivity index (χ1n) is 10.9. The molecule has 0 aliphatic carbocycles. The lowest BCUT2D eigenvalue weighted by Gasteiger charge is -2.32. The van der Waals surface area contributed by atoms with Crippen LogP contribution >= 0.6 is 0 Å². The highest BCUT2D eigenvalue weighted by atomic mass is 16.6. The van der Waals surface area contributed by atoms with Crippen LogP contribution in [0.2, 0.25) is 0 Å². The van der Waals surface area contributed by atoms with Crippen LogP contribution in [0, 0.1) is 17.2 Å². The molecule has 0 radical (unpaired) electrons. The van der Waals surface area contributed by atoms with Crippen LogP contribution < -0.4 is 5.32 Å². The maximum Gasteiger partial charge on any atom is 0.342 e. The Balaban J connectivity index is 1.89. The van der Waals surface area contributed by atoms with Gasteiger partial charge in [0, 0.05) is 24.5 Å². The Morgan fingerprint density at radius 3 is 2.31 bits per heavy atom. The minimum Gasteiger partial charge on any atom is -0.458 e. The lowest BCUT2D eigenvalue weighted by molar-refractivity contribution is -0.160. The summed E-state index contributed by atoms with van der Waals surface area (Å²) in [6.07, 6.45) is 0. The molecule has 5 nitrogen and oxygen atoms in total. The number of carbonyl (C=O) groups is 1. The molecule has 164 valence electrons. The van der Waals surface area contributed by atoms with Crippen LogP contribution in [0.1, 0.15) is 43.9 Å². The van der Waals surface area contributed by atoms with Gasteiger partial charge in [0.25, 0.3) is 0 Å². The van der Waals surface area contributed by atoms with Crippen molar-refractivity contribution in [3.05, 3.63) is 83.9 Å². The SMILES string of the molecule is CC(C)(C)OC(=O)[C@]1(C#N)N[C@H](c2ccccc2)[C@H](CO)[C@H]1c1ccc2ccccc2c1. The number of esters is 1. The molecule has 3 aromatic rings. The van der Waals surface area contributed by atoms with Gasteiger partial charge in [-0.1, -0.05) is 72.8 Å². The molecule has 3 aromatic carbocycles. The number of nitrogens with zero attached hydrogens (tertiary/aromatic N) is 1. The second kappa shape index (κ2) is 8.38. The summed E-state index contributed by atoms with van der Waals surface area (Å²) in [5, 5.41) is 26.3. The summed E-state index contributed by atoms with van der Waals surface area (Å²) < 4.78 is 5.73. The fourth-order valence-corrected chi connectivity index (χ4v) is 4.75. The number of hydrogen-bond donors (Lipinski definition) is 2. The van der Waals surface area contributed by atoms with E-state index in [-0.39, 0.29) is 12.6 Å². The minimum atomic E-state index is -1.64. The second-order valence-electron chi connectivity index (χ2n) is 9.39. The minimum absolute atomic E-state index is 0.184.